The van der Waals surface area contributed by atoms with Gasteiger partial charge in [0, 0.05) is 17.0 Å². The number of methoxy groups -OCH3 is 1. The zero-order chi connectivity index (χ0) is 19.6. The van der Waals surface area contributed by atoms with Crippen molar-refractivity contribution >= 4 is 48.5 Å². The second-order valence-electron chi connectivity index (χ2n) is 5.60. The maximum Gasteiger partial charge on any atom is 0.326 e. The molecule has 2 aromatic rings. The van der Waals surface area contributed by atoms with E-state index in [1.807, 2.05) is 4.72 Å². The van der Waals surface area contributed by atoms with E-state index >= 15 is 4.39 Å². The van der Waals surface area contributed by atoms with E-state index in [9.17, 15) is 13.2 Å². The fourth-order valence-corrected chi connectivity index (χ4v) is 4.11. The molecular weight excluding hydrogens is 447 g/mol. The molecule has 27 heavy (non-hydrogen) atoms. The van der Waals surface area contributed by atoms with Crippen LogP contribution in [-0.4, -0.2) is 48.0 Å². The Morgan fingerprint density at radius 1 is 1.30 bits per heavy atom. The molecule has 8 nitrogen and oxygen atoms in total. The first kappa shape index (κ1) is 19.8. The summed E-state index contributed by atoms with van der Waals surface area (Å²) in [5.74, 6) is -1.63. The smallest absolute Gasteiger partial charge is 0.326 e. The van der Waals surface area contributed by atoms with Gasteiger partial charge >= 0.3 is 10.2 Å². The number of benzene rings is 2. The molecule has 2 aromatic carbocycles. The molecular formula is C16H16BrFN2O6S. The minimum atomic E-state index is -4.21. The van der Waals surface area contributed by atoms with Crippen LogP contribution in [0.1, 0.15) is 0 Å². The van der Waals surface area contributed by atoms with Gasteiger partial charge in [0.1, 0.15) is 12.2 Å². The zero-order valence-electron chi connectivity index (χ0n) is 14.2. The fraction of sp³-hybridized carbons (Fsp3) is 0.312. The maximum absolute atomic E-state index is 15.3. The number of rotatable bonds is 7. The average molecular weight is 463 g/mol. The van der Waals surface area contributed by atoms with Crippen molar-refractivity contribution in [3.63, 3.8) is 0 Å². The van der Waals surface area contributed by atoms with E-state index in [-0.39, 0.29) is 30.2 Å². The van der Waals surface area contributed by atoms with Crippen LogP contribution in [0, 0.1) is 5.82 Å². The molecule has 0 radical (unpaired) electrons. The summed E-state index contributed by atoms with van der Waals surface area (Å²) in [5, 5.41) is 0.684. The van der Waals surface area contributed by atoms with Crippen molar-refractivity contribution in [2.45, 2.75) is 0 Å². The molecule has 11 heteroatoms. The number of fused-ring (bicyclic) bond motifs is 1. The Balaban J connectivity index is 2.06. The van der Waals surface area contributed by atoms with Crippen LogP contribution < -0.4 is 13.8 Å². The summed E-state index contributed by atoms with van der Waals surface area (Å²) in [6.07, 6.45) is 0. The van der Waals surface area contributed by atoms with Gasteiger partial charge in [-0.25, -0.2) is 13.4 Å². The van der Waals surface area contributed by atoms with E-state index < -0.39 is 28.5 Å². The molecule has 3 rings (SSSR count). The molecule has 1 aliphatic rings. The number of amides is 1. The normalized spacial score (nSPS) is 16.0. The van der Waals surface area contributed by atoms with Crippen molar-refractivity contribution in [2.75, 3.05) is 38.0 Å². The summed E-state index contributed by atoms with van der Waals surface area (Å²) in [7, 11) is -2.70. The van der Waals surface area contributed by atoms with Crippen molar-refractivity contribution in [2.24, 2.45) is 0 Å². The Labute approximate surface area is 163 Å². The van der Waals surface area contributed by atoms with Crippen molar-refractivity contribution in [1.29, 1.82) is 0 Å². The minimum Gasteiger partial charge on any atom is -0.465 e. The lowest BCUT2D eigenvalue weighted by Gasteiger charge is -2.21. The Hall–Kier alpha value is -1.95. The van der Waals surface area contributed by atoms with Crippen LogP contribution in [0.3, 0.4) is 0 Å². The minimum absolute atomic E-state index is 0.0557. The first-order valence-corrected chi connectivity index (χ1v) is 10.0. The summed E-state index contributed by atoms with van der Waals surface area (Å²) >= 11 is 3.26. The van der Waals surface area contributed by atoms with Gasteiger partial charge in [0.25, 0.3) is 5.91 Å². The molecule has 0 saturated carbocycles. The monoisotopic (exact) mass is 462 g/mol. The standard InChI is InChI=1S/C16H16BrFN2O6S/c1-24-4-5-25-9-26-13-6-10-2-3-11(17)7-12(10)15(18)16(13)20-8-14(21)19-27(20,22)23/h2-3,6-7H,4-5,8-9H2,1H3,(H,19,21). The molecule has 0 atom stereocenters. The van der Waals surface area contributed by atoms with Crippen molar-refractivity contribution < 1.29 is 31.8 Å². The lowest BCUT2D eigenvalue weighted by Crippen LogP contribution is -2.30. The fourth-order valence-electron chi connectivity index (χ4n) is 2.58. The number of nitrogens with one attached hydrogen (secondary N) is 1. The topological polar surface area (TPSA) is 94.2 Å². The molecule has 1 aliphatic heterocycles. The van der Waals surface area contributed by atoms with Crippen LogP contribution in [0.5, 0.6) is 5.75 Å². The summed E-state index contributed by atoms with van der Waals surface area (Å²) < 4.78 is 58.3. The van der Waals surface area contributed by atoms with Gasteiger partial charge in [-0.3, -0.25) is 4.79 Å². The van der Waals surface area contributed by atoms with Crippen LogP contribution >= 0.6 is 15.9 Å². The molecule has 1 saturated heterocycles. The van der Waals surface area contributed by atoms with Gasteiger partial charge in [0.2, 0.25) is 0 Å². The predicted molar refractivity (Wildman–Crippen MR) is 99.3 cm³/mol. The number of halogens is 2. The number of hydrogen-bond donors (Lipinski definition) is 1. The van der Waals surface area contributed by atoms with Gasteiger partial charge < -0.3 is 14.2 Å². The van der Waals surface area contributed by atoms with Crippen molar-refractivity contribution in [3.8, 4) is 5.75 Å². The Morgan fingerprint density at radius 2 is 2.07 bits per heavy atom. The first-order valence-electron chi connectivity index (χ1n) is 7.78. The van der Waals surface area contributed by atoms with E-state index in [0.717, 1.165) is 0 Å². The highest BCUT2D eigenvalue weighted by molar-refractivity contribution is 9.10. The number of anilines is 1. The van der Waals surface area contributed by atoms with Gasteiger partial charge in [-0.15, -0.1) is 0 Å². The third-order valence-corrected chi connectivity index (χ3v) is 5.65. The number of carbonyl (C=O) groups is 1. The third-order valence-electron chi connectivity index (χ3n) is 3.78. The second kappa shape index (κ2) is 7.97. The summed E-state index contributed by atoms with van der Waals surface area (Å²) in [5.41, 5.74) is -0.353. The molecule has 146 valence electrons. The van der Waals surface area contributed by atoms with E-state index in [2.05, 4.69) is 15.9 Å². The lowest BCUT2D eigenvalue weighted by molar-refractivity contribution is -0.117. The van der Waals surface area contributed by atoms with Crippen LogP contribution in [0.4, 0.5) is 10.1 Å². The number of carbonyl (C=O) groups excluding carboxylic acids is 1. The van der Waals surface area contributed by atoms with E-state index in [4.69, 9.17) is 14.2 Å². The molecule has 0 unspecified atom stereocenters. The number of ether oxygens (including phenoxy) is 3. The largest absolute Gasteiger partial charge is 0.465 e. The maximum atomic E-state index is 15.3. The Morgan fingerprint density at radius 3 is 2.74 bits per heavy atom. The number of nitrogens with zero attached hydrogens (tertiary/aromatic N) is 1. The van der Waals surface area contributed by atoms with Crippen LogP contribution in [0.15, 0.2) is 28.7 Å². The molecule has 0 aromatic heterocycles. The summed E-state index contributed by atoms with van der Waals surface area (Å²) in [6.45, 7) is -0.196. The van der Waals surface area contributed by atoms with E-state index in [0.29, 0.717) is 20.8 Å². The molecule has 1 amide bonds. The molecule has 0 bridgehead atoms. The van der Waals surface area contributed by atoms with E-state index in [1.165, 1.54) is 19.2 Å². The highest BCUT2D eigenvalue weighted by Gasteiger charge is 2.38. The Bertz CT molecular complexity index is 985. The van der Waals surface area contributed by atoms with Crippen molar-refractivity contribution in [3.05, 3.63) is 34.6 Å². The quantitative estimate of drug-likeness (QED) is 0.498. The summed E-state index contributed by atoms with van der Waals surface area (Å²) in [4.78, 5) is 11.6. The second-order valence-corrected chi connectivity index (χ2v) is 8.11. The molecule has 1 fully saturated rings. The highest BCUT2D eigenvalue weighted by Crippen LogP contribution is 2.39. The molecule has 1 heterocycles. The predicted octanol–water partition coefficient (Wildman–Crippen LogP) is 1.92. The van der Waals surface area contributed by atoms with Gasteiger partial charge in [0.05, 0.1) is 13.2 Å². The lowest BCUT2D eigenvalue weighted by atomic mass is 10.1. The van der Waals surface area contributed by atoms with E-state index in [1.54, 1.807) is 12.1 Å². The van der Waals surface area contributed by atoms with Gasteiger partial charge in [-0.05, 0) is 23.6 Å². The average Bonchev–Trinajstić information content (AvgIpc) is 2.87. The van der Waals surface area contributed by atoms with Crippen molar-refractivity contribution in [1.82, 2.24) is 4.72 Å². The SMILES string of the molecule is COCCOCOc1cc2ccc(Br)cc2c(F)c1N1CC(=O)NS1(=O)=O. The van der Waals surface area contributed by atoms with Gasteiger partial charge in [-0.2, -0.15) is 8.42 Å². The Kier molecular flexibility index (Phi) is 5.84. The molecule has 0 spiro atoms. The number of hydrogen-bond acceptors (Lipinski definition) is 6. The zero-order valence-corrected chi connectivity index (χ0v) is 16.6. The molecule has 0 aliphatic carbocycles. The summed E-state index contributed by atoms with van der Waals surface area (Å²) in [6, 6.07) is 6.40. The van der Waals surface area contributed by atoms with Gasteiger partial charge in [0.15, 0.2) is 18.4 Å². The third kappa shape index (κ3) is 4.15. The van der Waals surface area contributed by atoms with Crippen LogP contribution in [-0.2, 0) is 24.5 Å². The van der Waals surface area contributed by atoms with Crippen LogP contribution in [0.25, 0.3) is 10.8 Å². The molecule has 1 N–H and O–H groups in total. The highest BCUT2D eigenvalue weighted by atomic mass is 79.9. The first-order chi connectivity index (χ1) is 12.8. The van der Waals surface area contributed by atoms with Crippen LogP contribution in [0.2, 0.25) is 0 Å². The van der Waals surface area contributed by atoms with Gasteiger partial charge in [-0.1, -0.05) is 22.0 Å².